The van der Waals surface area contributed by atoms with Crippen molar-refractivity contribution in [3.63, 3.8) is 0 Å². The number of hydrogen-bond acceptors (Lipinski definition) is 2. The monoisotopic (exact) mass is 245 g/mol. The lowest BCUT2D eigenvalue weighted by Gasteiger charge is -2.20. The van der Waals surface area contributed by atoms with Crippen LogP contribution in [0.1, 0.15) is 38.3 Å². The van der Waals surface area contributed by atoms with Crippen LogP contribution >= 0.6 is 0 Å². The first-order valence-corrected chi connectivity index (χ1v) is 6.50. The summed E-state index contributed by atoms with van der Waals surface area (Å²) < 4.78 is 0. The van der Waals surface area contributed by atoms with E-state index in [1.165, 1.54) is 5.56 Å². The quantitative estimate of drug-likeness (QED) is 0.800. The van der Waals surface area contributed by atoms with Gasteiger partial charge in [-0.2, -0.15) is 0 Å². The van der Waals surface area contributed by atoms with Crippen LogP contribution < -0.4 is 5.73 Å². The number of benzene rings is 1. The molecule has 0 bridgehead atoms. The average molecular weight is 245 g/mol. The van der Waals surface area contributed by atoms with Crippen LogP contribution in [0, 0.1) is 17.8 Å². The Morgan fingerprint density at radius 1 is 1.39 bits per heavy atom. The predicted molar refractivity (Wildman–Crippen MR) is 76.2 cm³/mol. The lowest BCUT2D eigenvalue weighted by molar-refractivity contribution is 0.0726. The standard InChI is InChI=1S/C16H23NO/c1-13(2)16(3,18)10-9-15-7-4-6-14(12-15)8-5-11-17/h4,6-7,12-13,18H,5,8,11,17H2,1-3H3. The summed E-state index contributed by atoms with van der Waals surface area (Å²) in [6.45, 7) is 6.39. The molecule has 0 aliphatic heterocycles. The van der Waals surface area contributed by atoms with Gasteiger partial charge >= 0.3 is 0 Å². The highest BCUT2D eigenvalue weighted by atomic mass is 16.3. The Morgan fingerprint density at radius 2 is 2.11 bits per heavy atom. The lowest BCUT2D eigenvalue weighted by atomic mass is 9.93. The zero-order valence-electron chi connectivity index (χ0n) is 11.5. The van der Waals surface area contributed by atoms with Gasteiger partial charge in [0.25, 0.3) is 0 Å². The maximum absolute atomic E-state index is 10.1. The fraction of sp³-hybridized carbons (Fsp3) is 0.500. The topological polar surface area (TPSA) is 46.2 Å². The van der Waals surface area contributed by atoms with E-state index in [0.717, 1.165) is 18.4 Å². The smallest absolute Gasteiger partial charge is 0.125 e. The summed E-state index contributed by atoms with van der Waals surface area (Å²) in [6, 6.07) is 8.12. The molecule has 1 aromatic rings. The van der Waals surface area contributed by atoms with Gasteiger partial charge in [0, 0.05) is 5.56 Å². The van der Waals surface area contributed by atoms with E-state index in [1.54, 1.807) is 6.92 Å². The molecule has 0 saturated carbocycles. The second kappa shape index (κ2) is 6.58. The van der Waals surface area contributed by atoms with Gasteiger partial charge in [-0.1, -0.05) is 37.8 Å². The molecular weight excluding hydrogens is 222 g/mol. The molecule has 1 unspecified atom stereocenters. The first-order valence-electron chi connectivity index (χ1n) is 6.50. The van der Waals surface area contributed by atoms with Crippen molar-refractivity contribution in [2.45, 2.75) is 39.2 Å². The molecule has 0 amide bonds. The molecule has 98 valence electrons. The number of aryl methyl sites for hydroxylation is 1. The molecule has 0 aliphatic carbocycles. The van der Waals surface area contributed by atoms with Gasteiger partial charge in [-0.3, -0.25) is 0 Å². The van der Waals surface area contributed by atoms with Crippen molar-refractivity contribution in [3.8, 4) is 11.8 Å². The van der Waals surface area contributed by atoms with Gasteiger partial charge in [0.15, 0.2) is 0 Å². The Morgan fingerprint density at radius 3 is 2.72 bits per heavy atom. The van der Waals surface area contributed by atoms with E-state index in [1.807, 2.05) is 26.0 Å². The Kier molecular flexibility index (Phi) is 5.40. The van der Waals surface area contributed by atoms with Crippen LogP contribution in [0.25, 0.3) is 0 Å². The molecule has 1 rings (SSSR count). The third kappa shape index (κ3) is 4.52. The normalized spacial score (nSPS) is 13.9. The summed E-state index contributed by atoms with van der Waals surface area (Å²) in [6.07, 6.45) is 1.97. The van der Waals surface area contributed by atoms with Gasteiger partial charge in [0.1, 0.15) is 5.60 Å². The molecule has 0 spiro atoms. The van der Waals surface area contributed by atoms with E-state index in [2.05, 4.69) is 24.0 Å². The molecule has 0 fully saturated rings. The highest BCUT2D eigenvalue weighted by molar-refractivity contribution is 5.38. The molecule has 1 aromatic carbocycles. The number of nitrogens with two attached hydrogens (primary N) is 1. The van der Waals surface area contributed by atoms with Crippen LogP contribution in [0.15, 0.2) is 24.3 Å². The van der Waals surface area contributed by atoms with Crippen LogP contribution in [-0.2, 0) is 6.42 Å². The zero-order chi connectivity index (χ0) is 13.6. The van der Waals surface area contributed by atoms with Crippen molar-refractivity contribution in [1.82, 2.24) is 0 Å². The fourth-order valence-corrected chi connectivity index (χ4v) is 1.45. The van der Waals surface area contributed by atoms with Gasteiger partial charge in [-0.15, -0.1) is 0 Å². The summed E-state index contributed by atoms with van der Waals surface area (Å²) in [5.41, 5.74) is 6.76. The molecule has 0 aliphatic rings. The Balaban J connectivity index is 2.82. The second-order valence-electron chi connectivity index (χ2n) is 5.14. The lowest BCUT2D eigenvalue weighted by Crippen LogP contribution is -2.28. The molecule has 0 aromatic heterocycles. The van der Waals surface area contributed by atoms with Crippen LogP contribution in [0.3, 0.4) is 0 Å². The minimum Gasteiger partial charge on any atom is -0.378 e. The fourth-order valence-electron chi connectivity index (χ4n) is 1.45. The summed E-state index contributed by atoms with van der Waals surface area (Å²) in [5.74, 6) is 6.11. The molecule has 2 nitrogen and oxygen atoms in total. The molecule has 3 N–H and O–H groups in total. The number of hydrogen-bond donors (Lipinski definition) is 2. The van der Waals surface area contributed by atoms with Crippen molar-refractivity contribution in [2.24, 2.45) is 11.7 Å². The van der Waals surface area contributed by atoms with Gasteiger partial charge in [-0.05, 0) is 49.9 Å². The Bertz CT molecular complexity index is 438. The second-order valence-corrected chi connectivity index (χ2v) is 5.14. The minimum absolute atomic E-state index is 0.116. The van der Waals surface area contributed by atoms with Gasteiger partial charge in [0.05, 0.1) is 0 Å². The molecule has 0 saturated heterocycles. The first-order chi connectivity index (χ1) is 8.45. The van der Waals surface area contributed by atoms with E-state index in [0.29, 0.717) is 6.54 Å². The summed E-state index contributed by atoms with van der Waals surface area (Å²) >= 11 is 0. The molecule has 2 heteroatoms. The van der Waals surface area contributed by atoms with Crippen molar-refractivity contribution in [3.05, 3.63) is 35.4 Å². The third-order valence-electron chi connectivity index (χ3n) is 3.18. The first kappa shape index (κ1) is 14.8. The van der Waals surface area contributed by atoms with Crippen molar-refractivity contribution in [1.29, 1.82) is 0 Å². The summed E-state index contributed by atoms with van der Waals surface area (Å²) in [7, 11) is 0. The van der Waals surface area contributed by atoms with Crippen LogP contribution in [0.4, 0.5) is 0 Å². The van der Waals surface area contributed by atoms with Crippen molar-refractivity contribution >= 4 is 0 Å². The number of aliphatic hydroxyl groups is 1. The molecule has 0 heterocycles. The zero-order valence-corrected chi connectivity index (χ0v) is 11.5. The molecule has 1 atom stereocenters. The van der Waals surface area contributed by atoms with Crippen LogP contribution in [0.2, 0.25) is 0 Å². The van der Waals surface area contributed by atoms with E-state index >= 15 is 0 Å². The third-order valence-corrected chi connectivity index (χ3v) is 3.18. The van der Waals surface area contributed by atoms with Crippen molar-refractivity contribution < 1.29 is 5.11 Å². The minimum atomic E-state index is -0.937. The molecular formula is C16H23NO. The van der Waals surface area contributed by atoms with Crippen LogP contribution in [-0.4, -0.2) is 17.3 Å². The summed E-state index contributed by atoms with van der Waals surface area (Å²) in [5, 5.41) is 10.1. The van der Waals surface area contributed by atoms with Gasteiger partial charge in [0.2, 0.25) is 0 Å². The van der Waals surface area contributed by atoms with E-state index in [9.17, 15) is 5.11 Å². The van der Waals surface area contributed by atoms with E-state index in [-0.39, 0.29) is 5.92 Å². The van der Waals surface area contributed by atoms with E-state index in [4.69, 9.17) is 5.73 Å². The summed E-state index contributed by atoms with van der Waals surface area (Å²) in [4.78, 5) is 0. The van der Waals surface area contributed by atoms with Gasteiger partial charge < -0.3 is 10.8 Å². The maximum Gasteiger partial charge on any atom is 0.125 e. The highest BCUT2D eigenvalue weighted by Crippen LogP contribution is 2.15. The maximum atomic E-state index is 10.1. The largest absolute Gasteiger partial charge is 0.378 e. The SMILES string of the molecule is CC(C)C(C)(O)C#Cc1cccc(CCCN)c1. The highest BCUT2D eigenvalue weighted by Gasteiger charge is 2.21. The Labute approximate surface area is 110 Å². The predicted octanol–water partition coefficient (Wildman–Crippen LogP) is 2.34. The van der Waals surface area contributed by atoms with E-state index < -0.39 is 5.60 Å². The molecule has 18 heavy (non-hydrogen) atoms. The van der Waals surface area contributed by atoms with Crippen molar-refractivity contribution in [2.75, 3.05) is 6.54 Å². The van der Waals surface area contributed by atoms with Crippen LogP contribution in [0.5, 0.6) is 0 Å². The average Bonchev–Trinajstić information content (AvgIpc) is 2.34. The molecule has 0 radical (unpaired) electrons. The van der Waals surface area contributed by atoms with Gasteiger partial charge in [-0.25, -0.2) is 0 Å². The number of rotatable bonds is 4. The Hall–Kier alpha value is -1.30.